The number of ether oxygens (including phenoxy) is 1. The fraction of sp³-hybridized carbons (Fsp3) is 0.625. The zero-order chi connectivity index (χ0) is 15.2. The van der Waals surface area contributed by atoms with Gasteiger partial charge in [-0.25, -0.2) is 8.78 Å². The fourth-order valence-electron chi connectivity index (χ4n) is 2.88. The Hall–Kier alpha value is -1.04. The number of hydrogen-bond donors (Lipinski definition) is 1. The number of nitrogens with zero attached hydrogens (tertiary/aromatic N) is 1. The van der Waals surface area contributed by atoms with E-state index in [0.29, 0.717) is 18.2 Å². The Labute approximate surface area is 125 Å². The molecule has 1 aliphatic heterocycles. The van der Waals surface area contributed by atoms with E-state index in [4.69, 9.17) is 4.74 Å². The molecule has 1 saturated heterocycles. The molecule has 0 aromatic heterocycles. The number of halogens is 2. The standard InChI is InChI=1S/C16H24F2N2O/c1-12(15-6-5-13(17)10-16(15)18)20(8-9-21-2)11-14-4-3-7-19-14/h5-6,10,12,14,19H,3-4,7-9,11H2,1-2H3. The van der Waals surface area contributed by atoms with Crippen molar-refractivity contribution in [2.45, 2.75) is 31.8 Å². The molecule has 0 aliphatic carbocycles. The number of benzene rings is 1. The van der Waals surface area contributed by atoms with Gasteiger partial charge >= 0.3 is 0 Å². The summed E-state index contributed by atoms with van der Waals surface area (Å²) in [4.78, 5) is 2.20. The number of nitrogens with one attached hydrogen (secondary N) is 1. The second-order valence-electron chi connectivity index (χ2n) is 5.62. The van der Waals surface area contributed by atoms with Gasteiger partial charge in [0.25, 0.3) is 0 Å². The minimum absolute atomic E-state index is 0.108. The van der Waals surface area contributed by atoms with E-state index in [0.717, 1.165) is 32.1 Å². The van der Waals surface area contributed by atoms with Gasteiger partial charge in [0.1, 0.15) is 11.6 Å². The van der Waals surface area contributed by atoms with Crippen molar-refractivity contribution in [1.29, 1.82) is 0 Å². The molecule has 1 heterocycles. The van der Waals surface area contributed by atoms with Crippen molar-refractivity contribution in [2.75, 3.05) is 33.4 Å². The van der Waals surface area contributed by atoms with Crippen LogP contribution in [0, 0.1) is 11.6 Å². The lowest BCUT2D eigenvalue weighted by molar-refractivity contribution is 0.116. The van der Waals surface area contributed by atoms with Crippen LogP contribution < -0.4 is 5.32 Å². The SMILES string of the molecule is COCCN(CC1CCCN1)C(C)c1ccc(F)cc1F. The van der Waals surface area contributed by atoms with Crippen LogP contribution in [0.2, 0.25) is 0 Å². The van der Waals surface area contributed by atoms with E-state index in [9.17, 15) is 8.78 Å². The zero-order valence-corrected chi connectivity index (χ0v) is 12.7. The monoisotopic (exact) mass is 298 g/mol. The van der Waals surface area contributed by atoms with Gasteiger partial charge in [0.15, 0.2) is 0 Å². The summed E-state index contributed by atoms with van der Waals surface area (Å²) in [6, 6.07) is 4.14. The van der Waals surface area contributed by atoms with Crippen molar-refractivity contribution in [3.63, 3.8) is 0 Å². The Bertz CT molecular complexity index is 450. The van der Waals surface area contributed by atoms with Crippen molar-refractivity contribution in [3.05, 3.63) is 35.4 Å². The summed E-state index contributed by atoms with van der Waals surface area (Å²) in [5.41, 5.74) is 0.533. The summed E-state index contributed by atoms with van der Waals surface area (Å²) in [5, 5.41) is 3.46. The highest BCUT2D eigenvalue weighted by molar-refractivity contribution is 5.21. The summed E-state index contributed by atoms with van der Waals surface area (Å²) in [6.45, 7) is 5.18. The first-order chi connectivity index (χ1) is 10.1. The van der Waals surface area contributed by atoms with Crippen LogP contribution in [0.3, 0.4) is 0 Å². The molecule has 1 N–H and O–H groups in total. The van der Waals surface area contributed by atoms with Gasteiger partial charge < -0.3 is 10.1 Å². The van der Waals surface area contributed by atoms with E-state index in [1.807, 2.05) is 6.92 Å². The molecule has 1 aromatic carbocycles. The number of hydrogen-bond acceptors (Lipinski definition) is 3. The smallest absolute Gasteiger partial charge is 0.130 e. The summed E-state index contributed by atoms with van der Waals surface area (Å²) >= 11 is 0. The Balaban J connectivity index is 2.09. The van der Waals surface area contributed by atoms with Crippen LogP contribution in [0.1, 0.15) is 31.4 Å². The highest BCUT2D eigenvalue weighted by atomic mass is 19.1. The van der Waals surface area contributed by atoms with Crippen LogP contribution in [0.4, 0.5) is 8.78 Å². The Kier molecular flexibility index (Phi) is 6.08. The second kappa shape index (κ2) is 7.82. The average Bonchev–Trinajstić information content (AvgIpc) is 2.95. The van der Waals surface area contributed by atoms with Crippen molar-refractivity contribution < 1.29 is 13.5 Å². The lowest BCUT2D eigenvalue weighted by Crippen LogP contribution is -2.40. The molecule has 0 spiro atoms. The first kappa shape index (κ1) is 16.3. The molecule has 0 radical (unpaired) electrons. The minimum atomic E-state index is -0.538. The first-order valence-electron chi connectivity index (χ1n) is 7.53. The van der Waals surface area contributed by atoms with Crippen LogP contribution in [0.25, 0.3) is 0 Å². The molecule has 118 valence electrons. The van der Waals surface area contributed by atoms with E-state index in [2.05, 4.69) is 10.2 Å². The van der Waals surface area contributed by atoms with Gasteiger partial charge in [-0.3, -0.25) is 4.90 Å². The van der Waals surface area contributed by atoms with Gasteiger partial charge in [-0.05, 0) is 32.4 Å². The molecule has 0 bridgehead atoms. The maximum Gasteiger partial charge on any atom is 0.130 e. The molecule has 0 saturated carbocycles. The largest absolute Gasteiger partial charge is 0.383 e. The Morgan fingerprint density at radius 1 is 1.43 bits per heavy atom. The summed E-state index contributed by atoms with van der Waals surface area (Å²) < 4.78 is 32.2. The van der Waals surface area contributed by atoms with E-state index >= 15 is 0 Å². The zero-order valence-electron chi connectivity index (χ0n) is 12.7. The summed E-state index contributed by atoms with van der Waals surface area (Å²) in [6.07, 6.45) is 2.32. The van der Waals surface area contributed by atoms with E-state index in [1.165, 1.54) is 18.6 Å². The number of methoxy groups -OCH3 is 1. The maximum absolute atomic E-state index is 14.0. The molecule has 1 aliphatic rings. The van der Waals surface area contributed by atoms with Gasteiger partial charge in [0.05, 0.1) is 6.61 Å². The van der Waals surface area contributed by atoms with Crippen molar-refractivity contribution >= 4 is 0 Å². The summed E-state index contributed by atoms with van der Waals surface area (Å²) in [7, 11) is 1.66. The average molecular weight is 298 g/mol. The van der Waals surface area contributed by atoms with Crippen molar-refractivity contribution in [3.8, 4) is 0 Å². The van der Waals surface area contributed by atoms with Crippen LogP contribution >= 0.6 is 0 Å². The molecule has 5 heteroatoms. The predicted molar refractivity (Wildman–Crippen MR) is 79.2 cm³/mol. The maximum atomic E-state index is 14.0. The van der Waals surface area contributed by atoms with Crippen molar-refractivity contribution in [1.82, 2.24) is 10.2 Å². The van der Waals surface area contributed by atoms with Crippen LogP contribution in [0.5, 0.6) is 0 Å². The molecule has 0 amide bonds. The third-order valence-corrected chi connectivity index (χ3v) is 4.16. The normalized spacial score (nSPS) is 20.1. The quantitative estimate of drug-likeness (QED) is 0.837. The van der Waals surface area contributed by atoms with E-state index in [1.54, 1.807) is 7.11 Å². The summed E-state index contributed by atoms with van der Waals surface area (Å²) in [5.74, 6) is -1.02. The van der Waals surface area contributed by atoms with E-state index in [-0.39, 0.29) is 6.04 Å². The lowest BCUT2D eigenvalue weighted by atomic mass is 10.0. The molecule has 21 heavy (non-hydrogen) atoms. The van der Waals surface area contributed by atoms with Gasteiger partial charge in [-0.2, -0.15) is 0 Å². The van der Waals surface area contributed by atoms with Gasteiger partial charge in [0.2, 0.25) is 0 Å². The minimum Gasteiger partial charge on any atom is -0.383 e. The molecule has 2 rings (SSSR count). The molecule has 1 aromatic rings. The molecule has 2 atom stereocenters. The third-order valence-electron chi connectivity index (χ3n) is 4.16. The topological polar surface area (TPSA) is 24.5 Å². The highest BCUT2D eigenvalue weighted by Crippen LogP contribution is 2.24. The molecule has 2 unspecified atom stereocenters. The number of rotatable bonds is 7. The fourth-order valence-corrected chi connectivity index (χ4v) is 2.88. The Morgan fingerprint density at radius 3 is 2.86 bits per heavy atom. The predicted octanol–water partition coefficient (Wildman–Crippen LogP) is 2.73. The Morgan fingerprint density at radius 2 is 2.24 bits per heavy atom. The molecule has 3 nitrogen and oxygen atoms in total. The second-order valence-corrected chi connectivity index (χ2v) is 5.62. The van der Waals surface area contributed by atoms with Crippen molar-refractivity contribution in [2.24, 2.45) is 0 Å². The van der Waals surface area contributed by atoms with Crippen LogP contribution in [-0.2, 0) is 4.74 Å². The van der Waals surface area contributed by atoms with Crippen LogP contribution in [0.15, 0.2) is 18.2 Å². The van der Waals surface area contributed by atoms with E-state index < -0.39 is 11.6 Å². The molecular formula is C16H24F2N2O. The first-order valence-corrected chi connectivity index (χ1v) is 7.53. The molecule has 1 fully saturated rings. The lowest BCUT2D eigenvalue weighted by Gasteiger charge is -2.31. The molecular weight excluding hydrogens is 274 g/mol. The third kappa shape index (κ3) is 4.46. The highest BCUT2D eigenvalue weighted by Gasteiger charge is 2.23. The van der Waals surface area contributed by atoms with Gasteiger partial charge in [0, 0.05) is 43.9 Å². The van der Waals surface area contributed by atoms with Gasteiger partial charge in [-0.15, -0.1) is 0 Å². The van der Waals surface area contributed by atoms with Crippen LogP contribution in [-0.4, -0.2) is 44.3 Å². The van der Waals surface area contributed by atoms with Gasteiger partial charge in [-0.1, -0.05) is 6.07 Å².